The molecule has 6 nitrogen and oxygen atoms in total. The Bertz CT molecular complexity index is 867. The number of rotatable bonds is 5. The lowest BCUT2D eigenvalue weighted by molar-refractivity contribution is -0.114. The van der Waals surface area contributed by atoms with E-state index in [1.807, 2.05) is 0 Å². The topological polar surface area (TPSA) is 100 Å². The summed E-state index contributed by atoms with van der Waals surface area (Å²) in [7, 11) is 0. The number of fused-ring (bicyclic) bond motifs is 1. The fourth-order valence-corrected chi connectivity index (χ4v) is 4.24. The molecule has 0 unspecified atom stereocenters. The molecule has 0 aromatic carbocycles. The number of piperidine rings is 1. The van der Waals surface area contributed by atoms with Gasteiger partial charge in [-0.1, -0.05) is 0 Å². The summed E-state index contributed by atoms with van der Waals surface area (Å²) in [5.41, 5.74) is 8.95. The Morgan fingerprint density at radius 2 is 2.04 bits per heavy atom. The third kappa shape index (κ3) is 3.28. The van der Waals surface area contributed by atoms with Gasteiger partial charge in [0.15, 0.2) is 11.6 Å². The standard InChI is InChI=1S/C21H24N4O2/c22-7-1-2-18(26)17-11-15-14(13-24-17)10-19(27)16(12-23)20(15)25-8-5-21(3-4-21)6-9-25/h11,13H,1-10,22H2. The Balaban J connectivity index is 1.71. The Morgan fingerprint density at radius 1 is 1.30 bits per heavy atom. The van der Waals surface area contributed by atoms with Gasteiger partial charge in [-0.3, -0.25) is 14.6 Å². The number of hydrogen-bond donors (Lipinski definition) is 1. The van der Waals surface area contributed by atoms with Crippen molar-refractivity contribution in [2.24, 2.45) is 11.1 Å². The van der Waals surface area contributed by atoms with Crippen LogP contribution in [0.15, 0.2) is 17.8 Å². The van der Waals surface area contributed by atoms with E-state index in [1.165, 1.54) is 12.8 Å². The number of ketones is 2. The van der Waals surface area contributed by atoms with E-state index in [0.717, 1.165) is 37.1 Å². The van der Waals surface area contributed by atoms with Crippen LogP contribution in [-0.2, 0) is 11.2 Å². The van der Waals surface area contributed by atoms with Crippen LogP contribution in [0.5, 0.6) is 0 Å². The van der Waals surface area contributed by atoms with Gasteiger partial charge in [-0.25, -0.2) is 0 Å². The zero-order chi connectivity index (χ0) is 19.0. The average Bonchev–Trinajstić information content (AvgIpc) is 3.44. The molecule has 1 saturated carbocycles. The van der Waals surface area contributed by atoms with Gasteiger partial charge in [0.2, 0.25) is 0 Å². The van der Waals surface area contributed by atoms with Crippen LogP contribution in [0.1, 0.15) is 60.1 Å². The molecule has 140 valence electrons. The average molecular weight is 364 g/mol. The van der Waals surface area contributed by atoms with E-state index in [9.17, 15) is 14.9 Å². The number of carbonyl (C=O) groups is 2. The number of aromatic nitrogens is 1. The summed E-state index contributed by atoms with van der Waals surface area (Å²) >= 11 is 0. The molecular weight excluding hydrogens is 340 g/mol. The number of pyridine rings is 1. The summed E-state index contributed by atoms with van der Waals surface area (Å²) in [6, 6.07) is 3.90. The number of nitriles is 1. The Morgan fingerprint density at radius 3 is 2.67 bits per heavy atom. The van der Waals surface area contributed by atoms with Gasteiger partial charge in [-0.15, -0.1) is 0 Å². The van der Waals surface area contributed by atoms with Crippen LogP contribution >= 0.6 is 0 Å². The van der Waals surface area contributed by atoms with Crippen molar-refractivity contribution in [1.29, 1.82) is 5.26 Å². The highest BCUT2D eigenvalue weighted by molar-refractivity contribution is 6.10. The van der Waals surface area contributed by atoms with Crippen LogP contribution in [0.2, 0.25) is 0 Å². The lowest BCUT2D eigenvalue weighted by Gasteiger charge is -2.37. The summed E-state index contributed by atoms with van der Waals surface area (Å²) in [5, 5.41) is 9.65. The van der Waals surface area contributed by atoms with Crippen LogP contribution < -0.4 is 5.73 Å². The molecular formula is C21H24N4O2. The van der Waals surface area contributed by atoms with Gasteiger partial charge in [0.25, 0.3) is 0 Å². The Hall–Kier alpha value is -2.52. The fourth-order valence-electron chi connectivity index (χ4n) is 4.24. The molecule has 27 heavy (non-hydrogen) atoms. The number of allylic oxidation sites excluding steroid dienone is 1. The van der Waals surface area contributed by atoms with E-state index in [4.69, 9.17) is 5.73 Å². The van der Waals surface area contributed by atoms with Crippen molar-refractivity contribution >= 4 is 17.3 Å². The zero-order valence-corrected chi connectivity index (χ0v) is 15.5. The van der Waals surface area contributed by atoms with E-state index < -0.39 is 0 Å². The van der Waals surface area contributed by atoms with Gasteiger partial charge in [0.1, 0.15) is 17.3 Å². The minimum atomic E-state index is -0.157. The lowest BCUT2D eigenvalue weighted by atomic mass is 9.86. The van der Waals surface area contributed by atoms with Crippen LogP contribution in [0.4, 0.5) is 0 Å². The van der Waals surface area contributed by atoms with Crippen molar-refractivity contribution in [1.82, 2.24) is 9.88 Å². The molecule has 0 radical (unpaired) electrons. The summed E-state index contributed by atoms with van der Waals surface area (Å²) in [6.07, 6.45) is 7.58. The van der Waals surface area contributed by atoms with Crippen LogP contribution in [-0.4, -0.2) is 41.1 Å². The molecule has 0 amide bonds. The molecule has 2 heterocycles. The highest BCUT2D eigenvalue weighted by atomic mass is 16.1. The first kappa shape index (κ1) is 17.9. The lowest BCUT2D eigenvalue weighted by Crippen LogP contribution is -2.36. The smallest absolute Gasteiger partial charge is 0.181 e. The van der Waals surface area contributed by atoms with E-state index >= 15 is 0 Å². The largest absolute Gasteiger partial charge is 0.370 e. The first-order valence-corrected chi connectivity index (χ1v) is 9.72. The van der Waals surface area contributed by atoms with Crippen LogP contribution in [0.25, 0.3) is 5.70 Å². The maximum absolute atomic E-state index is 12.5. The molecule has 0 atom stereocenters. The van der Waals surface area contributed by atoms with Crippen molar-refractivity contribution in [2.75, 3.05) is 19.6 Å². The monoisotopic (exact) mass is 364 g/mol. The van der Waals surface area contributed by atoms with Gasteiger partial charge >= 0.3 is 0 Å². The molecule has 1 spiro atoms. The Kier molecular flexibility index (Phi) is 4.56. The number of Topliss-reactive ketones (excluding diaryl/α,β-unsaturated/α-hetero) is 2. The second-order valence-corrected chi connectivity index (χ2v) is 7.96. The van der Waals surface area contributed by atoms with Gasteiger partial charge in [-0.05, 0) is 55.7 Å². The zero-order valence-electron chi connectivity index (χ0n) is 15.5. The van der Waals surface area contributed by atoms with E-state index in [-0.39, 0.29) is 23.6 Å². The second-order valence-electron chi connectivity index (χ2n) is 7.96. The molecule has 2 aliphatic carbocycles. The molecule has 1 aromatic rings. The number of nitrogens with zero attached hydrogens (tertiary/aromatic N) is 3. The van der Waals surface area contributed by atoms with Crippen molar-refractivity contribution in [3.63, 3.8) is 0 Å². The quantitative estimate of drug-likeness (QED) is 0.804. The van der Waals surface area contributed by atoms with Crippen LogP contribution in [0.3, 0.4) is 0 Å². The molecule has 1 aliphatic heterocycles. The van der Waals surface area contributed by atoms with E-state index in [0.29, 0.717) is 36.2 Å². The first-order chi connectivity index (χ1) is 13.1. The summed E-state index contributed by atoms with van der Waals surface area (Å²) in [5.74, 6) is -0.204. The van der Waals surface area contributed by atoms with E-state index in [2.05, 4.69) is 16.0 Å². The number of hydrogen-bond acceptors (Lipinski definition) is 6. The molecule has 0 bridgehead atoms. The first-order valence-electron chi connectivity index (χ1n) is 9.72. The normalized spacial score (nSPS) is 20.4. The maximum atomic E-state index is 12.5. The molecule has 1 aromatic heterocycles. The van der Waals surface area contributed by atoms with Crippen molar-refractivity contribution in [2.45, 2.75) is 44.9 Å². The highest BCUT2D eigenvalue weighted by Gasteiger charge is 2.45. The molecule has 2 N–H and O–H groups in total. The van der Waals surface area contributed by atoms with Gasteiger partial charge in [-0.2, -0.15) is 5.26 Å². The van der Waals surface area contributed by atoms with Gasteiger partial charge in [0.05, 0.1) is 5.70 Å². The third-order valence-electron chi connectivity index (χ3n) is 6.21. The molecule has 1 saturated heterocycles. The molecule has 4 rings (SSSR count). The van der Waals surface area contributed by atoms with Crippen molar-refractivity contribution in [3.8, 4) is 6.07 Å². The summed E-state index contributed by atoms with van der Waals surface area (Å²) in [6.45, 7) is 2.17. The summed E-state index contributed by atoms with van der Waals surface area (Å²) in [4.78, 5) is 31.4. The van der Waals surface area contributed by atoms with Crippen LogP contribution in [0, 0.1) is 16.7 Å². The molecule has 2 fully saturated rings. The summed E-state index contributed by atoms with van der Waals surface area (Å²) < 4.78 is 0. The number of carbonyl (C=O) groups excluding carboxylic acids is 2. The minimum absolute atomic E-state index is 0.0476. The number of likely N-dealkylation sites (tertiary alicyclic amines) is 1. The van der Waals surface area contributed by atoms with Gasteiger partial charge < -0.3 is 10.6 Å². The maximum Gasteiger partial charge on any atom is 0.181 e. The predicted molar refractivity (Wildman–Crippen MR) is 101 cm³/mol. The predicted octanol–water partition coefficient (Wildman–Crippen LogP) is 2.24. The van der Waals surface area contributed by atoms with Crippen molar-refractivity contribution < 1.29 is 9.59 Å². The Labute approximate surface area is 159 Å². The van der Waals surface area contributed by atoms with Crippen molar-refractivity contribution in [3.05, 3.63) is 34.7 Å². The number of nitrogens with two attached hydrogens (primary N) is 1. The SMILES string of the molecule is N#CC1=C(N2CCC3(CC2)CC3)c2cc(C(=O)CCCN)ncc2CC1=O. The highest BCUT2D eigenvalue weighted by Crippen LogP contribution is 2.54. The van der Waals surface area contributed by atoms with E-state index in [1.54, 1.807) is 12.3 Å². The van der Waals surface area contributed by atoms with Gasteiger partial charge in [0, 0.05) is 37.7 Å². The molecule has 3 aliphatic rings. The second kappa shape index (κ2) is 6.90. The molecule has 6 heteroatoms. The minimum Gasteiger partial charge on any atom is -0.370 e. The third-order valence-corrected chi connectivity index (χ3v) is 6.21. The fraction of sp³-hybridized carbons (Fsp3) is 0.524.